The maximum Gasteiger partial charge on any atom is 0.305 e. The molecule has 1 fully saturated rings. The topological polar surface area (TPSA) is 78.7 Å². The highest BCUT2D eigenvalue weighted by molar-refractivity contribution is 5.92. The summed E-state index contributed by atoms with van der Waals surface area (Å²) in [7, 11) is 0. The third-order valence-corrected chi connectivity index (χ3v) is 4.38. The molecule has 0 unspecified atom stereocenters. The number of carbonyl (C=O) groups is 2. The van der Waals surface area contributed by atoms with Crippen molar-refractivity contribution in [3.05, 3.63) is 53.9 Å². The predicted octanol–water partition coefficient (Wildman–Crippen LogP) is 1.32. The molecule has 2 heterocycles. The number of amides is 1. The summed E-state index contributed by atoms with van der Waals surface area (Å²) in [6.45, 7) is 4.07. The summed E-state index contributed by atoms with van der Waals surface area (Å²) in [6.07, 6.45) is 1.49. The lowest BCUT2D eigenvalue weighted by Crippen LogP contribution is -2.48. The highest BCUT2D eigenvalue weighted by atomic mass is 16.4. The second kappa shape index (κ2) is 7.94. The van der Waals surface area contributed by atoms with Gasteiger partial charge in [-0.3, -0.25) is 19.2 Å². The number of aryl methyl sites for hydroxylation is 1. The van der Waals surface area contributed by atoms with Crippen LogP contribution in [0.15, 0.2) is 42.6 Å². The summed E-state index contributed by atoms with van der Waals surface area (Å²) >= 11 is 0. The summed E-state index contributed by atoms with van der Waals surface area (Å²) < 4.78 is 1.48. The lowest BCUT2D eigenvalue weighted by molar-refractivity contribution is -0.137. The van der Waals surface area contributed by atoms with E-state index in [0.717, 1.165) is 19.6 Å². The van der Waals surface area contributed by atoms with Gasteiger partial charge in [0.05, 0.1) is 13.0 Å². The number of carboxylic acids is 1. The van der Waals surface area contributed by atoms with Gasteiger partial charge in [0, 0.05) is 38.9 Å². The van der Waals surface area contributed by atoms with Crippen LogP contribution >= 0.6 is 0 Å². The normalized spacial score (nSPS) is 15.3. The minimum atomic E-state index is -0.900. The van der Waals surface area contributed by atoms with Crippen LogP contribution in [-0.2, 0) is 17.9 Å². The van der Waals surface area contributed by atoms with E-state index < -0.39 is 5.97 Å². The van der Waals surface area contributed by atoms with Crippen LogP contribution < -0.4 is 0 Å². The summed E-state index contributed by atoms with van der Waals surface area (Å²) in [5.41, 5.74) is 1.73. The average molecular weight is 342 g/mol. The number of benzene rings is 1. The van der Waals surface area contributed by atoms with Crippen molar-refractivity contribution in [2.75, 3.05) is 26.2 Å². The Morgan fingerprint density at radius 3 is 2.44 bits per heavy atom. The largest absolute Gasteiger partial charge is 0.481 e. The molecule has 1 aromatic carbocycles. The molecule has 0 atom stereocenters. The van der Waals surface area contributed by atoms with Gasteiger partial charge >= 0.3 is 5.97 Å². The number of rotatable bonds is 6. The molecule has 0 spiro atoms. The van der Waals surface area contributed by atoms with E-state index in [1.165, 1.54) is 10.2 Å². The Balaban J connectivity index is 1.55. The van der Waals surface area contributed by atoms with Crippen LogP contribution in [0.25, 0.3) is 0 Å². The minimum absolute atomic E-state index is 0.0488. The average Bonchev–Trinajstić information content (AvgIpc) is 3.09. The first-order valence-corrected chi connectivity index (χ1v) is 8.42. The van der Waals surface area contributed by atoms with Gasteiger partial charge in [0.1, 0.15) is 5.69 Å². The molecule has 0 radical (unpaired) electrons. The number of piperazine rings is 1. The number of aliphatic carboxylic acids is 1. The number of hydrogen-bond acceptors (Lipinski definition) is 4. The molecule has 25 heavy (non-hydrogen) atoms. The maximum absolute atomic E-state index is 12.7. The Kier molecular flexibility index (Phi) is 5.45. The fourth-order valence-electron chi connectivity index (χ4n) is 3.01. The molecule has 1 aliphatic heterocycles. The molecular formula is C18H22N4O3. The number of hydrogen-bond donors (Lipinski definition) is 1. The SMILES string of the molecule is O=C(O)CCn1nccc1C(=O)N1CCN(Cc2ccccc2)CC1. The molecule has 0 bridgehead atoms. The highest BCUT2D eigenvalue weighted by Crippen LogP contribution is 2.12. The number of aromatic nitrogens is 2. The molecule has 7 nitrogen and oxygen atoms in total. The van der Waals surface area contributed by atoms with Crippen molar-refractivity contribution in [2.24, 2.45) is 0 Å². The third-order valence-electron chi connectivity index (χ3n) is 4.38. The van der Waals surface area contributed by atoms with Crippen LogP contribution in [0.1, 0.15) is 22.5 Å². The number of carboxylic acid groups (broad SMARTS) is 1. The van der Waals surface area contributed by atoms with Crippen molar-refractivity contribution in [1.82, 2.24) is 19.6 Å². The van der Waals surface area contributed by atoms with Crippen LogP contribution in [0.3, 0.4) is 0 Å². The van der Waals surface area contributed by atoms with Gasteiger partial charge in [0.2, 0.25) is 0 Å². The van der Waals surface area contributed by atoms with Crippen molar-refractivity contribution in [1.29, 1.82) is 0 Å². The van der Waals surface area contributed by atoms with Crippen molar-refractivity contribution in [3.8, 4) is 0 Å². The Bertz CT molecular complexity index is 721. The van der Waals surface area contributed by atoms with E-state index >= 15 is 0 Å². The van der Waals surface area contributed by atoms with E-state index in [2.05, 4.69) is 22.1 Å². The molecule has 1 N–H and O–H groups in total. The predicted molar refractivity (Wildman–Crippen MR) is 92.1 cm³/mol. The smallest absolute Gasteiger partial charge is 0.305 e. The first-order chi connectivity index (χ1) is 12.1. The van der Waals surface area contributed by atoms with Gasteiger partial charge in [0.15, 0.2) is 0 Å². The van der Waals surface area contributed by atoms with Crippen LogP contribution in [0, 0.1) is 0 Å². The van der Waals surface area contributed by atoms with Gasteiger partial charge in [-0.05, 0) is 11.6 Å². The molecule has 3 rings (SSSR count). The van der Waals surface area contributed by atoms with E-state index in [1.807, 2.05) is 23.1 Å². The Morgan fingerprint density at radius 2 is 1.76 bits per heavy atom. The number of carbonyl (C=O) groups excluding carboxylic acids is 1. The van der Waals surface area contributed by atoms with Gasteiger partial charge in [-0.15, -0.1) is 0 Å². The first kappa shape index (κ1) is 17.2. The molecule has 0 saturated carbocycles. The first-order valence-electron chi connectivity index (χ1n) is 8.42. The molecule has 0 aliphatic carbocycles. The Labute approximate surface area is 146 Å². The quantitative estimate of drug-likeness (QED) is 0.856. The molecule has 2 aromatic rings. The van der Waals surface area contributed by atoms with Crippen molar-refractivity contribution < 1.29 is 14.7 Å². The monoisotopic (exact) mass is 342 g/mol. The van der Waals surface area contributed by atoms with Crippen molar-refractivity contribution in [3.63, 3.8) is 0 Å². The zero-order chi connectivity index (χ0) is 17.6. The van der Waals surface area contributed by atoms with Crippen molar-refractivity contribution in [2.45, 2.75) is 19.5 Å². The Morgan fingerprint density at radius 1 is 1.04 bits per heavy atom. The highest BCUT2D eigenvalue weighted by Gasteiger charge is 2.24. The molecule has 1 aliphatic rings. The molecule has 1 aromatic heterocycles. The summed E-state index contributed by atoms with van der Waals surface area (Å²) in [6, 6.07) is 12.0. The van der Waals surface area contributed by atoms with E-state index in [1.54, 1.807) is 12.3 Å². The standard InChI is InChI=1S/C18H22N4O3/c23-17(24)7-9-22-16(6-8-19-22)18(25)21-12-10-20(11-13-21)14-15-4-2-1-3-5-15/h1-6,8H,7,9-14H2,(H,23,24). The van der Waals surface area contributed by atoms with E-state index in [-0.39, 0.29) is 18.9 Å². The van der Waals surface area contributed by atoms with E-state index in [4.69, 9.17) is 5.11 Å². The zero-order valence-electron chi connectivity index (χ0n) is 14.0. The van der Waals surface area contributed by atoms with E-state index in [9.17, 15) is 9.59 Å². The number of nitrogens with zero attached hydrogens (tertiary/aromatic N) is 4. The second-order valence-corrected chi connectivity index (χ2v) is 6.14. The molecule has 1 amide bonds. The third kappa shape index (κ3) is 4.45. The summed E-state index contributed by atoms with van der Waals surface area (Å²) in [4.78, 5) is 27.6. The van der Waals surface area contributed by atoms with Gasteiger partial charge < -0.3 is 10.0 Å². The van der Waals surface area contributed by atoms with Gasteiger partial charge in [0.25, 0.3) is 5.91 Å². The van der Waals surface area contributed by atoms with Crippen LogP contribution in [0.5, 0.6) is 0 Å². The minimum Gasteiger partial charge on any atom is -0.481 e. The summed E-state index contributed by atoms with van der Waals surface area (Å²) in [5, 5.41) is 12.9. The second-order valence-electron chi connectivity index (χ2n) is 6.14. The molecule has 1 saturated heterocycles. The zero-order valence-corrected chi connectivity index (χ0v) is 14.0. The maximum atomic E-state index is 12.7. The lowest BCUT2D eigenvalue weighted by Gasteiger charge is -2.34. The fraction of sp³-hybridized carbons (Fsp3) is 0.389. The Hall–Kier alpha value is -2.67. The molecule has 132 valence electrons. The van der Waals surface area contributed by atoms with Gasteiger partial charge in [-0.1, -0.05) is 30.3 Å². The lowest BCUT2D eigenvalue weighted by atomic mass is 10.2. The van der Waals surface area contributed by atoms with Crippen LogP contribution in [0.4, 0.5) is 0 Å². The van der Waals surface area contributed by atoms with Gasteiger partial charge in [-0.25, -0.2) is 0 Å². The van der Waals surface area contributed by atoms with E-state index in [0.29, 0.717) is 18.8 Å². The molecular weight excluding hydrogens is 320 g/mol. The van der Waals surface area contributed by atoms with Crippen molar-refractivity contribution >= 4 is 11.9 Å². The van der Waals surface area contributed by atoms with Gasteiger partial charge in [-0.2, -0.15) is 5.10 Å². The van der Waals surface area contributed by atoms with Crippen LogP contribution in [0.2, 0.25) is 0 Å². The molecule has 7 heteroatoms. The summed E-state index contributed by atoms with van der Waals surface area (Å²) in [5.74, 6) is -0.981. The fourth-order valence-corrected chi connectivity index (χ4v) is 3.01. The van der Waals surface area contributed by atoms with Crippen LogP contribution in [-0.4, -0.2) is 62.7 Å².